The molecule has 2 aromatic rings. The van der Waals surface area contributed by atoms with Crippen molar-refractivity contribution in [3.63, 3.8) is 0 Å². The molecule has 0 radical (unpaired) electrons. The van der Waals surface area contributed by atoms with Crippen LogP contribution in [0, 0.1) is 6.92 Å². The van der Waals surface area contributed by atoms with E-state index in [1.54, 1.807) is 0 Å². The average Bonchev–Trinajstić information content (AvgIpc) is 2.69. The Morgan fingerprint density at radius 2 is 2.06 bits per heavy atom. The summed E-state index contributed by atoms with van der Waals surface area (Å²) >= 11 is 0. The molecule has 0 atom stereocenters. The summed E-state index contributed by atoms with van der Waals surface area (Å²) in [5, 5.41) is 0. The van der Waals surface area contributed by atoms with Gasteiger partial charge in [0.1, 0.15) is 0 Å². The lowest BCUT2D eigenvalue weighted by Crippen LogP contribution is -1.90. The molecule has 2 aromatic carbocycles. The zero-order chi connectivity index (χ0) is 11.8. The van der Waals surface area contributed by atoms with Gasteiger partial charge < -0.3 is 0 Å². The van der Waals surface area contributed by atoms with Crippen LogP contribution in [-0.4, -0.2) is 6.72 Å². The fraction of sp³-hybridized carbons (Fsp3) is 0.188. The van der Waals surface area contributed by atoms with Crippen molar-refractivity contribution in [1.82, 2.24) is 0 Å². The van der Waals surface area contributed by atoms with Crippen LogP contribution >= 0.6 is 0 Å². The summed E-state index contributed by atoms with van der Waals surface area (Å²) in [5.41, 5.74) is 8.27. The van der Waals surface area contributed by atoms with Crippen LogP contribution in [0.25, 0.3) is 11.1 Å². The minimum Gasteiger partial charge on any atom is -0.296 e. The van der Waals surface area contributed by atoms with Gasteiger partial charge in [-0.3, -0.25) is 4.99 Å². The largest absolute Gasteiger partial charge is 0.296 e. The number of aliphatic imine (C=N–C) groups is 1. The van der Waals surface area contributed by atoms with E-state index < -0.39 is 0 Å². The normalized spacial score (nSPS) is 12.1. The third-order valence-electron chi connectivity index (χ3n) is 3.48. The topological polar surface area (TPSA) is 12.4 Å². The number of hydrogen-bond acceptors (Lipinski definition) is 1. The van der Waals surface area contributed by atoms with Gasteiger partial charge in [0.15, 0.2) is 0 Å². The molecule has 0 aromatic heterocycles. The second-order valence-corrected chi connectivity index (χ2v) is 4.66. The Labute approximate surface area is 102 Å². The molecule has 0 heterocycles. The maximum Gasteiger partial charge on any atom is 0.0635 e. The van der Waals surface area contributed by atoms with E-state index in [0.717, 1.165) is 13.0 Å². The van der Waals surface area contributed by atoms with Gasteiger partial charge in [0.05, 0.1) is 6.54 Å². The minimum atomic E-state index is 0.718. The lowest BCUT2D eigenvalue weighted by molar-refractivity contribution is 1.04. The maximum absolute atomic E-state index is 4.01. The molecule has 17 heavy (non-hydrogen) atoms. The van der Waals surface area contributed by atoms with Crippen molar-refractivity contribution in [2.24, 2.45) is 4.99 Å². The molecular weight excluding hydrogens is 206 g/mol. The van der Waals surface area contributed by atoms with Crippen molar-refractivity contribution >= 4 is 6.72 Å². The Kier molecular flexibility index (Phi) is 2.32. The highest BCUT2D eigenvalue weighted by Gasteiger charge is 2.20. The van der Waals surface area contributed by atoms with Crippen molar-refractivity contribution in [1.29, 1.82) is 0 Å². The highest BCUT2D eigenvalue weighted by Crippen LogP contribution is 2.38. The molecule has 0 spiro atoms. The fourth-order valence-electron chi connectivity index (χ4n) is 2.65. The third-order valence-corrected chi connectivity index (χ3v) is 3.48. The second kappa shape index (κ2) is 3.85. The number of aryl methyl sites for hydroxylation is 1. The Bertz CT molecular complexity index is 596. The van der Waals surface area contributed by atoms with Gasteiger partial charge in [-0.15, -0.1) is 0 Å². The number of fused-ring (bicyclic) bond motifs is 3. The molecule has 0 saturated carbocycles. The van der Waals surface area contributed by atoms with Gasteiger partial charge in [0.25, 0.3) is 0 Å². The lowest BCUT2D eigenvalue weighted by atomic mass is 10.0. The van der Waals surface area contributed by atoms with Gasteiger partial charge in [-0.25, -0.2) is 0 Å². The summed E-state index contributed by atoms with van der Waals surface area (Å²) in [5.74, 6) is 0. The van der Waals surface area contributed by atoms with Crippen LogP contribution in [-0.2, 0) is 13.0 Å². The number of hydrogen-bond donors (Lipinski definition) is 0. The smallest absolute Gasteiger partial charge is 0.0635 e. The summed E-state index contributed by atoms with van der Waals surface area (Å²) in [4.78, 5) is 4.01. The molecule has 0 N–H and O–H groups in total. The van der Waals surface area contributed by atoms with E-state index in [0.29, 0.717) is 0 Å². The predicted molar refractivity (Wildman–Crippen MR) is 72.7 cm³/mol. The number of rotatable bonds is 2. The molecule has 0 bridgehead atoms. The quantitative estimate of drug-likeness (QED) is 0.584. The predicted octanol–water partition coefficient (Wildman–Crippen LogP) is 3.77. The first-order valence-corrected chi connectivity index (χ1v) is 5.93. The van der Waals surface area contributed by atoms with E-state index in [9.17, 15) is 0 Å². The first-order chi connectivity index (χ1) is 8.29. The number of nitrogens with zero attached hydrogens (tertiary/aromatic N) is 1. The van der Waals surface area contributed by atoms with Crippen LogP contribution in [0.15, 0.2) is 41.4 Å². The molecular formula is C16H15N. The van der Waals surface area contributed by atoms with E-state index in [1.165, 1.54) is 33.4 Å². The monoisotopic (exact) mass is 221 g/mol. The fourth-order valence-corrected chi connectivity index (χ4v) is 2.65. The van der Waals surface area contributed by atoms with Gasteiger partial charge >= 0.3 is 0 Å². The molecule has 0 unspecified atom stereocenters. The van der Waals surface area contributed by atoms with Crippen LogP contribution < -0.4 is 0 Å². The Morgan fingerprint density at radius 1 is 1.18 bits per heavy atom. The van der Waals surface area contributed by atoms with Crippen molar-refractivity contribution in [3.05, 3.63) is 58.7 Å². The summed E-state index contributed by atoms with van der Waals surface area (Å²) in [7, 11) is 0. The average molecular weight is 221 g/mol. The molecule has 1 aliphatic rings. The minimum absolute atomic E-state index is 0.718. The second-order valence-electron chi connectivity index (χ2n) is 4.66. The molecule has 84 valence electrons. The first-order valence-electron chi connectivity index (χ1n) is 5.93. The van der Waals surface area contributed by atoms with Gasteiger partial charge in [-0.05, 0) is 47.9 Å². The van der Waals surface area contributed by atoms with Crippen molar-refractivity contribution in [2.75, 3.05) is 0 Å². The highest BCUT2D eigenvalue weighted by molar-refractivity contribution is 5.78. The summed E-state index contributed by atoms with van der Waals surface area (Å²) < 4.78 is 0. The zero-order valence-corrected chi connectivity index (χ0v) is 10.0. The highest BCUT2D eigenvalue weighted by atomic mass is 14.7. The van der Waals surface area contributed by atoms with E-state index in [-0.39, 0.29) is 0 Å². The van der Waals surface area contributed by atoms with Crippen LogP contribution in [0.2, 0.25) is 0 Å². The maximum atomic E-state index is 4.01. The lowest BCUT2D eigenvalue weighted by Gasteiger charge is -2.05. The van der Waals surface area contributed by atoms with Gasteiger partial charge in [-0.2, -0.15) is 0 Å². The van der Waals surface area contributed by atoms with Crippen molar-refractivity contribution in [2.45, 2.75) is 19.9 Å². The van der Waals surface area contributed by atoms with Crippen LogP contribution in [0.5, 0.6) is 0 Å². The molecule has 0 amide bonds. The van der Waals surface area contributed by atoms with Crippen LogP contribution in [0.3, 0.4) is 0 Å². The Hall–Kier alpha value is -1.89. The van der Waals surface area contributed by atoms with E-state index in [1.807, 2.05) is 0 Å². The molecule has 0 aliphatic heterocycles. The summed E-state index contributed by atoms with van der Waals surface area (Å²) in [6.07, 6.45) is 1.04. The Morgan fingerprint density at radius 3 is 2.88 bits per heavy atom. The molecule has 0 saturated heterocycles. The summed E-state index contributed by atoms with van der Waals surface area (Å²) in [6.45, 7) is 6.46. The van der Waals surface area contributed by atoms with E-state index in [2.05, 4.69) is 55.0 Å². The van der Waals surface area contributed by atoms with Crippen molar-refractivity contribution in [3.8, 4) is 11.1 Å². The zero-order valence-electron chi connectivity index (χ0n) is 10.0. The standard InChI is InChI=1S/C16H15N/c1-11-6-7-12-9-16-13(10-17-2)4-3-5-14(16)15(12)8-11/h3-8H,2,9-10H2,1H3. The van der Waals surface area contributed by atoms with Gasteiger partial charge in [-0.1, -0.05) is 42.0 Å². The summed E-state index contributed by atoms with van der Waals surface area (Å²) in [6, 6.07) is 13.2. The van der Waals surface area contributed by atoms with Crippen LogP contribution in [0.4, 0.5) is 0 Å². The van der Waals surface area contributed by atoms with Gasteiger partial charge in [0.2, 0.25) is 0 Å². The van der Waals surface area contributed by atoms with Crippen molar-refractivity contribution < 1.29 is 0 Å². The third kappa shape index (κ3) is 1.59. The molecule has 1 heteroatoms. The van der Waals surface area contributed by atoms with Crippen LogP contribution in [0.1, 0.15) is 22.3 Å². The molecule has 3 rings (SSSR count). The molecule has 1 aliphatic carbocycles. The van der Waals surface area contributed by atoms with E-state index in [4.69, 9.17) is 0 Å². The van der Waals surface area contributed by atoms with Gasteiger partial charge in [0, 0.05) is 0 Å². The first kappa shape index (κ1) is 10.3. The SMILES string of the molecule is C=NCc1cccc2c1Cc1ccc(C)cc1-2. The molecule has 1 nitrogen and oxygen atoms in total. The number of benzene rings is 2. The van der Waals surface area contributed by atoms with E-state index >= 15 is 0 Å². The Balaban J connectivity index is 2.19. The molecule has 0 fully saturated rings.